The van der Waals surface area contributed by atoms with Gasteiger partial charge in [0, 0.05) is 33.0 Å². The summed E-state index contributed by atoms with van der Waals surface area (Å²) in [5.74, 6) is 0. The zero-order chi connectivity index (χ0) is 14.4. The maximum atomic E-state index is 11.9. The Labute approximate surface area is 119 Å². The average Bonchev–Trinajstić information content (AvgIpc) is 3.05. The number of ether oxygens (including phenoxy) is 2. The van der Waals surface area contributed by atoms with Crippen LogP contribution in [0.25, 0.3) is 0 Å². The van der Waals surface area contributed by atoms with Crippen molar-refractivity contribution in [1.29, 1.82) is 0 Å². The molecule has 1 atom stereocenters. The molecule has 0 radical (unpaired) electrons. The van der Waals surface area contributed by atoms with Crippen LogP contribution in [0.3, 0.4) is 0 Å². The minimum Gasteiger partial charge on any atom is -0.379 e. The van der Waals surface area contributed by atoms with Crippen LogP contribution in [0.2, 0.25) is 0 Å². The van der Waals surface area contributed by atoms with Crippen molar-refractivity contribution in [2.45, 2.75) is 30.3 Å². The molecular formula is C12H21N3O4S. The quantitative estimate of drug-likeness (QED) is 0.698. The maximum absolute atomic E-state index is 11.9. The van der Waals surface area contributed by atoms with Gasteiger partial charge in [-0.1, -0.05) is 0 Å². The molecule has 1 aromatic rings. The number of sulfonamides is 1. The van der Waals surface area contributed by atoms with Crippen molar-refractivity contribution in [2.75, 3.05) is 26.4 Å². The molecule has 0 aromatic carbocycles. The van der Waals surface area contributed by atoms with E-state index in [1.54, 1.807) is 7.05 Å². The molecule has 1 fully saturated rings. The number of nitrogens with one attached hydrogen (secondary N) is 1. The van der Waals surface area contributed by atoms with Crippen LogP contribution >= 0.6 is 0 Å². The van der Waals surface area contributed by atoms with E-state index in [4.69, 9.17) is 9.47 Å². The normalized spacial score (nSPS) is 19.6. The summed E-state index contributed by atoms with van der Waals surface area (Å²) in [7, 11) is -1.78. The summed E-state index contributed by atoms with van der Waals surface area (Å²) < 4.78 is 38.6. The Morgan fingerprint density at radius 2 is 2.45 bits per heavy atom. The molecule has 0 spiro atoms. The predicted molar refractivity (Wildman–Crippen MR) is 72.8 cm³/mol. The third-order valence-corrected chi connectivity index (χ3v) is 4.49. The highest BCUT2D eigenvalue weighted by atomic mass is 32.2. The van der Waals surface area contributed by atoms with Crippen molar-refractivity contribution in [3.8, 4) is 0 Å². The molecule has 1 saturated heterocycles. The van der Waals surface area contributed by atoms with E-state index in [2.05, 4.69) is 9.82 Å². The van der Waals surface area contributed by atoms with Crippen LogP contribution < -0.4 is 4.72 Å². The van der Waals surface area contributed by atoms with E-state index in [1.807, 2.05) is 0 Å². The van der Waals surface area contributed by atoms with Gasteiger partial charge in [-0.25, -0.2) is 13.1 Å². The van der Waals surface area contributed by atoms with Gasteiger partial charge in [0.15, 0.2) is 0 Å². The van der Waals surface area contributed by atoms with Gasteiger partial charge in [0.1, 0.15) is 4.90 Å². The SMILES string of the molecule is Cn1cc(S(=O)(=O)NCCCOC[C@@H]2CCCO2)cn1. The van der Waals surface area contributed by atoms with Crippen LogP contribution in [0, 0.1) is 0 Å². The second kappa shape index (κ2) is 7.16. The molecule has 0 saturated carbocycles. The molecular weight excluding hydrogens is 282 g/mol. The lowest BCUT2D eigenvalue weighted by Crippen LogP contribution is -2.25. The fourth-order valence-electron chi connectivity index (χ4n) is 1.99. The monoisotopic (exact) mass is 303 g/mol. The number of hydrogen-bond donors (Lipinski definition) is 1. The van der Waals surface area contributed by atoms with E-state index >= 15 is 0 Å². The maximum Gasteiger partial charge on any atom is 0.243 e. The van der Waals surface area contributed by atoms with Gasteiger partial charge >= 0.3 is 0 Å². The van der Waals surface area contributed by atoms with Crippen LogP contribution in [0.4, 0.5) is 0 Å². The van der Waals surface area contributed by atoms with Crippen LogP contribution in [0.1, 0.15) is 19.3 Å². The van der Waals surface area contributed by atoms with E-state index in [-0.39, 0.29) is 11.0 Å². The highest BCUT2D eigenvalue weighted by Crippen LogP contribution is 2.11. The Balaban J connectivity index is 1.60. The lowest BCUT2D eigenvalue weighted by Gasteiger charge is -2.10. The van der Waals surface area contributed by atoms with Gasteiger partial charge in [-0.15, -0.1) is 0 Å². The lowest BCUT2D eigenvalue weighted by atomic mass is 10.2. The minimum absolute atomic E-state index is 0.181. The van der Waals surface area contributed by atoms with E-state index in [1.165, 1.54) is 17.1 Å². The number of aromatic nitrogens is 2. The van der Waals surface area contributed by atoms with E-state index in [9.17, 15) is 8.42 Å². The predicted octanol–water partition coefficient (Wildman–Crippen LogP) is 0.284. The molecule has 2 rings (SSSR count). The standard InChI is InChI=1S/C12H21N3O4S/c1-15-9-12(8-13-15)20(16,17)14-5-3-6-18-10-11-4-2-7-19-11/h8-9,11,14H,2-7,10H2,1H3/t11-/m0/s1. The first-order valence-electron chi connectivity index (χ1n) is 6.75. The molecule has 0 aliphatic carbocycles. The van der Waals surface area contributed by atoms with Crippen molar-refractivity contribution in [3.05, 3.63) is 12.4 Å². The van der Waals surface area contributed by atoms with Crippen molar-refractivity contribution in [3.63, 3.8) is 0 Å². The number of hydrogen-bond acceptors (Lipinski definition) is 5. The fraction of sp³-hybridized carbons (Fsp3) is 0.750. The molecule has 8 heteroatoms. The summed E-state index contributed by atoms with van der Waals surface area (Å²) in [4.78, 5) is 0.181. The highest BCUT2D eigenvalue weighted by Gasteiger charge is 2.16. The molecule has 2 heterocycles. The van der Waals surface area contributed by atoms with E-state index in [0.717, 1.165) is 19.4 Å². The Bertz CT molecular complexity index is 509. The Morgan fingerprint density at radius 3 is 3.10 bits per heavy atom. The third-order valence-electron chi connectivity index (χ3n) is 3.08. The minimum atomic E-state index is -3.46. The summed E-state index contributed by atoms with van der Waals surface area (Å²) in [6, 6.07) is 0. The van der Waals surface area contributed by atoms with Gasteiger partial charge < -0.3 is 9.47 Å². The summed E-state index contributed by atoms with van der Waals surface area (Å²) >= 11 is 0. The Morgan fingerprint density at radius 1 is 1.60 bits per heavy atom. The fourth-order valence-corrected chi connectivity index (χ4v) is 3.05. The number of rotatable bonds is 8. The van der Waals surface area contributed by atoms with Gasteiger partial charge in [0.05, 0.1) is 18.9 Å². The second-order valence-electron chi connectivity index (χ2n) is 4.81. The van der Waals surface area contributed by atoms with Crippen LogP contribution in [-0.4, -0.2) is 50.7 Å². The number of nitrogens with zero attached hydrogens (tertiary/aromatic N) is 2. The summed E-state index contributed by atoms with van der Waals surface area (Å²) in [5.41, 5.74) is 0. The van der Waals surface area contributed by atoms with Gasteiger partial charge in [0.2, 0.25) is 10.0 Å². The molecule has 7 nitrogen and oxygen atoms in total. The zero-order valence-corrected chi connectivity index (χ0v) is 12.4. The van der Waals surface area contributed by atoms with Crippen LogP contribution in [0.15, 0.2) is 17.3 Å². The summed E-state index contributed by atoms with van der Waals surface area (Å²) in [6.07, 6.45) is 5.78. The third kappa shape index (κ3) is 4.55. The first-order chi connectivity index (χ1) is 9.58. The van der Waals surface area contributed by atoms with Gasteiger partial charge in [-0.05, 0) is 19.3 Å². The van der Waals surface area contributed by atoms with Crippen molar-refractivity contribution >= 4 is 10.0 Å². The molecule has 0 unspecified atom stereocenters. The van der Waals surface area contributed by atoms with Crippen LogP contribution in [-0.2, 0) is 26.5 Å². The summed E-state index contributed by atoms with van der Waals surface area (Å²) in [5, 5.41) is 3.84. The van der Waals surface area contributed by atoms with Crippen LogP contribution in [0.5, 0.6) is 0 Å². The summed E-state index contributed by atoms with van der Waals surface area (Å²) in [6.45, 7) is 2.28. The first-order valence-corrected chi connectivity index (χ1v) is 8.24. The topological polar surface area (TPSA) is 82.5 Å². The van der Waals surface area contributed by atoms with Gasteiger partial charge in [-0.2, -0.15) is 5.10 Å². The molecule has 1 aliphatic heterocycles. The molecule has 0 amide bonds. The molecule has 1 aliphatic rings. The number of aryl methyl sites for hydroxylation is 1. The first kappa shape index (κ1) is 15.4. The molecule has 0 bridgehead atoms. The lowest BCUT2D eigenvalue weighted by molar-refractivity contribution is 0.0169. The second-order valence-corrected chi connectivity index (χ2v) is 6.58. The molecule has 1 aromatic heterocycles. The smallest absolute Gasteiger partial charge is 0.243 e. The van der Waals surface area contributed by atoms with Crippen molar-refractivity contribution in [1.82, 2.24) is 14.5 Å². The highest BCUT2D eigenvalue weighted by molar-refractivity contribution is 7.89. The van der Waals surface area contributed by atoms with Crippen molar-refractivity contribution in [2.24, 2.45) is 7.05 Å². The van der Waals surface area contributed by atoms with E-state index < -0.39 is 10.0 Å². The van der Waals surface area contributed by atoms with Gasteiger partial charge in [0.25, 0.3) is 0 Å². The van der Waals surface area contributed by atoms with Crippen molar-refractivity contribution < 1.29 is 17.9 Å². The molecule has 20 heavy (non-hydrogen) atoms. The largest absolute Gasteiger partial charge is 0.379 e. The Kier molecular flexibility index (Phi) is 5.53. The van der Waals surface area contributed by atoms with E-state index in [0.29, 0.717) is 26.2 Å². The Hall–Kier alpha value is -0.960. The molecule has 1 N–H and O–H groups in total. The molecule has 114 valence electrons. The average molecular weight is 303 g/mol. The van der Waals surface area contributed by atoms with Gasteiger partial charge in [-0.3, -0.25) is 4.68 Å². The zero-order valence-electron chi connectivity index (χ0n) is 11.6.